The van der Waals surface area contributed by atoms with Gasteiger partial charge in [-0.3, -0.25) is 14.4 Å². The topological polar surface area (TPSA) is 186 Å². The van der Waals surface area contributed by atoms with E-state index in [4.69, 9.17) is 9.47 Å². The fourth-order valence-electron chi connectivity index (χ4n) is 6.62. The maximum atomic E-state index is 13.2. The van der Waals surface area contributed by atoms with Crippen molar-refractivity contribution in [3.05, 3.63) is 108 Å². The minimum Gasteiger partial charge on any atom is -0.507 e. The monoisotopic (exact) mass is 780 g/mol. The molecule has 0 spiro atoms. The summed E-state index contributed by atoms with van der Waals surface area (Å²) >= 11 is 0. The van der Waals surface area contributed by atoms with Crippen LogP contribution in [-0.2, 0) is 23.9 Å². The highest BCUT2D eigenvalue weighted by molar-refractivity contribution is 6.21. The van der Waals surface area contributed by atoms with E-state index in [1.807, 2.05) is 39.8 Å². The summed E-state index contributed by atoms with van der Waals surface area (Å²) in [4.78, 5) is 39.1. The van der Waals surface area contributed by atoms with Gasteiger partial charge in [-0.05, 0) is 38.3 Å². The number of likely N-dealkylation sites (N-methyl/N-ethyl adjacent to an activating group) is 1. The Labute approximate surface area is 332 Å². The molecule has 2 rings (SSSR count). The molecule has 2 fully saturated rings. The average Bonchev–Trinajstić information content (AvgIpc) is 3.14. The first kappa shape index (κ1) is 48.0. The van der Waals surface area contributed by atoms with E-state index < -0.39 is 65.4 Å². The molecule has 2 amide bonds. The van der Waals surface area contributed by atoms with Gasteiger partial charge in [-0.1, -0.05) is 113 Å². The number of Topliss-reactive ketones (excluding diaryl/α,β-unsaturated/α-hetero) is 1. The number of carbonyl (C=O) groups is 3. The standard InChI is InChI=1S/C44H64N2O10/c1-10-12-16-24-36-43(6,7)35(49)28-44(54,56-36)32(11-2)41(52)45-26-20-19-22-30(4)40(55-9)31(5)39(51)34(48)23-18-15-13-14-17-21-29(3)38(50)37-33(47)25-27-46(8)42(37)53/h10,12-24,31-32,34-36,39-40,48-51,54H,11,25-28H2,1-9H3,(H,45,52)/b12-10-,15-13+,17-14+,20-19+,23-18+,24-16+,29-21+,30-22+,38-37-/t31-,32+,34-,35-,36-,39?,40+,44-/m0/s1. The van der Waals surface area contributed by atoms with E-state index >= 15 is 0 Å². The number of aliphatic hydroxyl groups excluding tert-OH is 4. The van der Waals surface area contributed by atoms with Gasteiger partial charge in [-0.25, -0.2) is 0 Å². The Bertz CT molecular complexity index is 1630. The summed E-state index contributed by atoms with van der Waals surface area (Å²) in [7, 11) is 3.10. The number of nitrogens with one attached hydrogen (secondary N) is 1. The molecule has 12 heteroatoms. The van der Waals surface area contributed by atoms with Crippen LogP contribution in [0.4, 0.5) is 0 Å². The second-order valence-electron chi connectivity index (χ2n) is 15.0. The van der Waals surface area contributed by atoms with Crippen molar-refractivity contribution in [2.24, 2.45) is 17.3 Å². The van der Waals surface area contributed by atoms with Crippen LogP contribution in [0.5, 0.6) is 0 Å². The number of piperidine rings is 1. The minimum atomic E-state index is -1.85. The van der Waals surface area contributed by atoms with E-state index in [-0.39, 0.29) is 36.5 Å². The summed E-state index contributed by atoms with van der Waals surface area (Å²) in [6, 6.07) is 0. The molecule has 56 heavy (non-hydrogen) atoms. The predicted octanol–water partition coefficient (Wildman–Crippen LogP) is 4.86. The van der Waals surface area contributed by atoms with Crippen LogP contribution in [0.3, 0.4) is 0 Å². The Kier molecular flexibility index (Phi) is 19.3. The molecule has 12 nitrogen and oxygen atoms in total. The lowest BCUT2D eigenvalue weighted by atomic mass is 9.72. The summed E-state index contributed by atoms with van der Waals surface area (Å²) in [5.74, 6) is -4.89. The second kappa shape index (κ2) is 22.5. The van der Waals surface area contributed by atoms with Crippen molar-refractivity contribution >= 4 is 17.6 Å². The van der Waals surface area contributed by atoms with Gasteiger partial charge < -0.3 is 45.2 Å². The lowest BCUT2D eigenvalue weighted by molar-refractivity contribution is -0.314. The number of carbonyl (C=O) groups excluding carboxylic acids is 3. The minimum absolute atomic E-state index is 0.0999. The first-order chi connectivity index (χ1) is 26.4. The summed E-state index contributed by atoms with van der Waals surface area (Å²) < 4.78 is 11.8. The molecule has 1 unspecified atom stereocenters. The van der Waals surface area contributed by atoms with Gasteiger partial charge in [0.15, 0.2) is 11.6 Å². The Morgan fingerprint density at radius 2 is 1.71 bits per heavy atom. The normalized spacial score (nSPS) is 26.6. The van der Waals surface area contributed by atoms with Crippen LogP contribution in [-0.4, -0.2) is 112 Å². The van der Waals surface area contributed by atoms with Crippen LogP contribution in [0, 0.1) is 17.3 Å². The van der Waals surface area contributed by atoms with Crippen molar-refractivity contribution in [1.82, 2.24) is 10.2 Å². The maximum Gasteiger partial charge on any atom is 0.261 e. The van der Waals surface area contributed by atoms with Crippen LogP contribution >= 0.6 is 0 Å². The number of ether oxygens (including phenoxy) is 2. The van der Waals surface area contributed by atoms with Crippen LogP contribution < -0.4 is 5.32 Å². The van der Waals surface area contributed by atoms with Gasteiger partial charge in [0.2, 0.25) is 5.91 Å². The molecule has 0 aromatic rings. The van der Waals surface area contributed by atoms with Crippen LogP contribution in [0.1, 0.15) is 67.7 Å². The zero-order valence-electron chi connectivity index (χ0n) is 34.4. The van der Waals surface area contributed by atoms with E-state index in [1.54, 1.807) is 94.7 Å². The summed E-state index contributed by atoms with van der Waals surface area (Å²) in [6.07, 6.45) is 19.8. The third-order valence-corrected chi connectivity index (χ3v) is 10.4. The predicted molar refractivity (Wildman–Crippen MR) is 218 cm³/mol. The van der Waals surface area contributed by atoms with Crippen molar-refractivity contribution in [3.63, 3.8) is 0 Å². The molecule has 0 radical (unpaired) electrons. The number of aliphatic hydroxyl groups is 5. The zero-order valence-corrected chi connectivity index (χ0v) is 34.4. The second-order valence-corrected chi connectivity index (χ2v) is 15.0. The smallest absolute Gasteiger partial charge is 0.261 e. The first-order valence-electron chi connectivity index (χ1n) is 19.2. The molecule has 0 aromatic heterocycles. The van der Waals surface area contributed by atoms with Gasteiger partial charge in [-0.2, -0.15) is 0 Å². The van der Waals surface area contributed by atoms with Crippen molar-refractivity contribution < 1.29 is 49.4 Å². The van der Waals surface area contributed by atoms with E-state index in [1.165, 1.54) is 18.1 Å². The number of rotatable bonds is 18. The van der Waals surface area contributed by atoms with Crippen LogP contribution in [0.15, 0.2) is 108 Å². The number of methoxy groups -OCH3 is 1. The quantitative estimate of drug-likeness (QED) is 0.0486. The number of amides is 2. The number of hydrogen-bond donors (Lipinski definition) is 6. The van der Waals surface area contributed by atoms with Crippen LogP contribution in [0.2, 0.25) is 0 Å². The van der Waals surface area contributed by atoms with Crippen molar-refractivity contribution in [1.29, 1.82) is 0 Å². The fourth-order valence-corrected chi connectivity index (χ4v) is 6.62. The number of likely N-dealkylation sites (tertiary alicyclic amines) is 1. The number of ketones is 1. The van der Waals surface area contributed by atoms with Crippen molar-refractivity contribution in [2.75, 3.05) is 27.2 Å². The van der Waals surface area contributed by atoms with E-state index in [0.717, 1.165) is 5.57 Å². The average molecular weight is 781 g/mol. The molecule has 2 saturated heterocycles. The number of nitrogens with zero attached hydrogens (tertiary/aromatic N) is 1. The first-order valence-corrected chi connectivity index (χ1v) is 19.2. The molecule has 0 aliphatic carbocycles. The molecular weight excluding hydrogens is 716 g/mol. The van der Waals surface area contributed by atoms with Gasteiger partial charge >= 0.3 is 0 Å². The Morgan fingerprint density at radius 1 is 1.05 bits per heavy atom. The molecule has 2 aliphatic heterocycles. The van der Waals surface area contributed by atoms with Gasteiger partial charge in [0.05, 0.1) is 36.4 Å². The molecule has 0 aromatic carbocycles. The lowest BCUT2D eigenvalue weighted by Gasteiger charge is -2.50. The number of hydrogen-bond acceptors (Lipinski definition) is 10. The summed E-state index contributed by atoms with van der Waals surface area (Å²) in [5.41, 5.74) is 0.270. The molecule has 8 atom stereocenters. The highest BCUT2D eigenvalue weighted by Gasteiger charge is 2.54. The largest absolute Gasteiger partial charge is 0.507 e. The van der Waals surface area contributed by atoms with Gasteiger partial charge in [-0.15, -0.1) is 0 Å². The van der Waals surface area contributed by atoms with E-state index in [9.17, 15) is 39.9 Å². The van der Waals surface area contributed by atoms with Crippen LogP contribution in [0.25, 0.3) is 0 Å². The lowest BCUT2D eigenvalue weighted by Crippen LogP contribution is -2.60. The highest BCUT2D eigenvalue weighted by atomic mass is 16.6. The summed E-state index contributed by atoms with van der Waals surface area (Å²) in [6.45, 7) is 13.1. The van der Waals surface area contributed by atoms with Crippen molar-refractivity contribution in [3.8, 4) is 0 Å². The van der Waals surface area contributed by atoms with E-state index in [0.29, 0.717) is 18.5 Å². The third kappa shape index (κ3) is 12.9. The molecule has 6 N–H and O–H groups in total. The molecule has 2 heterocycles. The fraction of sp³-hybridized carbons (Fsp3) is 0.523. The van der Waals surface area contributed by atoms with Crippen molar-refractivity contribution in [2.45, 2.75) is 104 Å². The van der Waals surface area contributed by atoms with Gasteiger partial charge in [0.25, 0.3) is 5.91 Å². The van der Waals surface area contributed by atoms with Gasteiger partial charge in [0, 0.05) is 51.4 Å². The number of allylic oxidation sites excluding steroid dienone is 12. The SMILES string of the molecule is C/C=C\C=C\[C@@H]1O[C@](O)([C@H](CC)C(=O)NC/C=C/C=C(\C)[C@@H](OC)[C@@H](C)C(O)[C@@H](O)/C=C/C=C/C=C/C=C(C)/C(O)=C2\C(=O)CCN(C)C2=O)C[C@H](O)C1(C)C. The molecule has 2 aliphatic rings. The Morgan fingerprint density at radius 3 is 2.36 bits per heavy atom. The summed E-state index contributed by atoms with van der Waals surface area (Å²) in [5, 5.41) is 57.3. The maximum absolute atomic E-state index is 13.2. The molecule has 0 saturated carbocycles. The zero-order chi connectivity index (χ0) is 42.2. The third-order valence-electron chi connectivity index (χ3n) is 10.4. The Hall–Kier alpha value is -4.17. The highest BCUT2D eigenvalue weighted by Crippen LogP contribution is 2.44. The Balaban J connectivity index is 1.96. The molecule has 310 valence electrons. The van der Waals surface area contributed by atoms with E-state index in [2.05, 4.69) is 5.32 Å². The molecule has 0 bridgehead atoms. The molecular formula is C44H64N2O10. The van der Waals surface area contributed by atoms with Gasteiger partial charge in [0.1, 0.15) is 11.3 Å².